The van der Waals surface area contributed by atoms with E-state index in [1.54, 1.807) is 24.3 Å². The molecule has 0 atom stereocenters. The minimum atomic E-state index is -0.386. The Labute approximate surface area is 153 Å². The zero-order valence-electron chi connectivity index (χ0n) is 12.5. The van der Waals surface area contributed by atoms with Crippen LogP contribution in [0.25, 0.3) is 11.0 Å². The lowest BCUT2D eigenvalue weighted by molar-refractivity contribution is 0.560. The van der Waals surface area contributed by atoms with Crippen LogP contribution in [0, 0.1) is 6.92 Å². The minimum Gasteiger partial charge on any atom is -0.423 e. The maximum Gasteiger partial charge on any atom is 0.336 e. The lowest BCUT2D eigenvalue weighted by atomic mass is 10.1. The Morgan fingerprint density at radius 1 is 1.12 bits per heavy atom. The molecule has 0 amide bonds. The van der Waals surface area contributed by atoms with Crippen molar-refractivity contribution in [2.24, 2.45) is 0 Å². The van der Waals surface area contributed by atoms with E-state index in [-0.39, 0.29) is 5.63 Å². The van der Waals surface area contributed by atoms with Crippen molar-refractivity contribution in [3.05, 3.63) is 68.5 Å². The first-order chi connectivity index (χ1) is 11.4. The molecule has 2 N–H and O–H groups in total. The lowest BCUT2D eigenvalue weighted by Gasteiger charge is -2.12. The summed E-state index contributed by atoms with van der Waals surface area (Å²) < 4.78 is 5.22. The number of hydrogen-bond acceptors (Lipinski definition) is 3. The van der Waals surface area contributed by atoms with E-state index in [9.17, 15) is 4.79 Å². The van der Waals surface area contributed by atoms with Crippen LogP contribution < -0.4 is 16.3 Å². The molecule has 0 saturated heterocycles. The molecule has 0 unspecified atom stereocenters. The molecule has 0 spiro atoms. The number of halogens is 2. The summed E-state index contributed by atoms with van der Waals surface area (Å²) in [4.78, 5) is 11.5. The van der Waals surface area contributed by atoms with Crippen molar-refractivity contribution in [2.75, 3.05) is 10.6 Å². The zero-order valence-corrected chi connectivity index (χ0v) is 14.9. The van der Waals surface area contributed by atoms with Crippen LogP contribution in [0.4, 0.5) is 11.4 Å². The molecule has 0 radical (unpaired) electrons. The molecule has 3 aromatic rings. The average Bonchev–Trinajstić information content (AvgIpc) is 2.51. The Morgan fingerprint density at radius 2 is 1.92 bits per heavy atom. The van der Waals surface area contributed by atoms with Crippen LogP contribution in [-0.2, 0) is 0 Å². The van der Waals surface area contributed by atoms with Crippen molar-refractivity contribution in [3.63, 3.8) is 0 Å². The normalized spacial score (nSPS) is 10.6. The van der Waals surface area contributed by atoms with Crippen molar-refractivity contribution in [2.45, 2.75) is 6.92 Å². The second kappa shape index (κ2) is 6.81. The highest BCUT2D eigenvalue weighted by Gasteiger charge is 2.08. The summed E-state index contributed by atoms with van der Waals surface area (Å²) >= 11 is 17.4. The van der Waals surface area contributed by atoms with Gasteiger partial charge in [-0.15, -0.1) is 0 Å². The number of aryl methyl sites for hydroxylation is 1. The summed E-state index contributed by atoms with van der Waals surface area (Å²) in [6.07, 6.45) is 0. The third-order valence-corrected chi connectivity index (χ3v) is 4.43. The van der Waals surface area contributed by atoms with Gasteiger partial charge in [-0.25, -0.2) is 4.79 Å². The monoisotopic (exact) mass is 378 g/mol. The topological polar surface area (TPSA) is 54.3 Å². The average molecular weight is 379 g/mol. The van der Waals surface area contributed by atoms with E-state index in [4.69, 9.17) is 39.8 Å². The molecule has 7 heteroatoms. The summed E-state index contributed by atoms with van der Waals surface area (Å²) in [5.74, 6) is 0. The molecular weight excluding hydrogens is 367 g/mol. The first-order valence-corrected chi connectivity index (χ1v) is 8.17. The van der Waals surface area contributed by atoms with Gasteiger partial charge >= 0.3 is 5.63 Å². The van der Waals surface area contributed by atoms with E-state index in [0.29, 0.717) is 32.1 Å². The number of thiocarbonyl (C=S) groups is 1. The van der Waals surface area contributed by atoms with Crippen molar-refractivity contribution in [3.8, 4) is 0 Å². The summed E-state index contributed by atoms with van der Waals surface area (Å²) in [6, 6.07) is 12.1. The predicted molar refractivity (Wildman–Crippen MR) is 104 cm³/mol. The highest BCUT2D eigenvalue weighted by Crippen LogP contribution is 2.29. The first kappa shape index (κ1) is 16.8. The van der Waals surface area contributed by atoms with Gasteiger partial charge in [0.05, 0.1) is 15.7 Å². The molecule has 0 saturated carbocycles. The van der Waals surface area contributed by atoms with Gasteiger partial charge in [0, 0.05) is 23.2 Å². The minimum absolute atomic E-state index is 0.341. The molecule has 0 bridgehead atoms. The van der Waals surface area contributed by atoms with Crippen LogP contribution in [0.5, 0.6) is 0 Å². The van der Waals surface area contributed by atoms with Crippen LogP contribution in [0.1, 0.15) is 5.56 Å². The van der Waals surface area contributed by atoms with Gasteiger partial charge in [0.25, 0.3) is 0 Å². The van der Waals surface area contributed by atoms with Crippen molar-refractivity contribution in [1.29, 1.82) is 0 Å². The molecule has 1 heterocycles. The number of fused-ring (bicyclic) bond motifs is 1. The van der Waals surface area contributed by atoms with E-state index in [0.717, 1.165) is 10.9 Å². The number of rotatable bonds is 2. The maximum atomic E-state index is 11.5. The van der Waals surface area contributed by atoms with Crippen LogP contribution in [0.15, 0.2) is 51.7 Å². The van der Waals surface area contributed by atoms with Crippen LogP contribution >= 0.6 is 35.4 Å². The van der Waals surface area contributed by atoms with Crippen molar-refractivity contribution >= 4 is 62.9 Å². The highest BCUT2D eigenvalue weighted by molar-refractivity contribution is 7.80. The second-order valence-corrected chi connectivity index (χ2v) is 6.33. The fourth-order valence-corrected chi connectivity index (χ4v) is 2.86. The first-order valence-electron chi connectivity index (χ1n) is 7.00. The van der Waals surface area contributed by atoms with Gasteiger partial charge < -0.3 is 15.1 Å². The summed E-state index contributed by atoms with van der Waals surface area (Å²) in [7, 11) is 0. The smallest absolute Gasteiger partial charge is 0.336 e. The number of hydrogen-bond donors (Lipinski definition) is 2. The lowest BCUT2D eigenvalue weighted by Crippen LogP contribution is -2.19. The molecule has 0 aliphatic heterocycles. The van der Waals surface area contributed by atoms with Crippen LogP contribution in [0.3, 0.4) is 0 Å². The molecule has 0 aliphatic rings. The van der Waals surface area contributed by atoms with Crippen LogP contribution in [-0.4, -0.2) is 5.11 Å². The maximum absolute atomic E-state index is 11.5. The van der Waals surface area contributed by atoms with Gasteiger partial charge in [-0.1, -0.05) is 29.3 Å². The third-order valence-electron chi connectivity index (χ3n) is 3.41. The van der Waals surface area contributed by atoms with E-state index in [1.807, 2.05) is 19.1 Å². The van der Waals surface area contributed by atoms with E-state index >= 15 is 0 Å². The predicted octanol–water partition coefficient (Wildman–Crippen LogP) is 5.22. The van der Waals surface area contributed by atoms with E-state index in [1.165, 1.54) is 6.07 Å². The Morgan fingerprint density at radius 3 is 2.71 bits per heavy atom. The largest absolute Gasteiger partial charge is 0.423 e. The number of anilines is 2. The molecule has 4 nitrogen and oxygen atoms in total. The Balaban J connectivity index is 1.83. The fourth-order valence-electron chi connectivity index (χ4n) is 2.29. The number of nitrogens with one attached hydrogen (secondary N) is 2. The highest BCUT2D eigenvalue weighted by atomic mass is 35.5. The molecule has 1 aromatic heterocycles. The van der Waals surface area contributed by atoms with Gasteiger partial charge in [-0.2, -0.15) is 0 Å². The van der Waals surface area contributed by atoms with Gasteiger partial charge in [0.2, 0.25) is 0 Å². The second-order valence-electron chi connectivity index (χ2n) is 5.14. The van der Waals surface area contributed by atoms with Gasteiger partial charge in [-0.05, 0) is 49.0 Å². The molecule has 122 valence electrons. The molecule has 24 heavy (non-hydrogen) atoms. The summed E-state index contributed by atoms with van der Waals surface area (Å²) in [5, 5.41) is 8.05. The summed E-state index contributed by atoms with van der Waals surface area (Å²) in [5.41, 5.74) is 2.26. The van der Waals surface area contributed by atoms with Crippen molar-refractivity contribution in [1.82, 2.24) is 0 Å². The summed E-state index contributed by atoms with van der Waals surface area (Å²) in [6.45, 7) is 1.86. The molecular formula is C17H12Cl2N2O2S. The van der Waals surface area contributed by atoms with Gasteiger partial charge in [0.1, 0.15) is 5.58 Å². The van der Waals surface area contributed by atoms with E-state index in [2.05, 4.69) is 10.6 Å². The number of benzene rings is 2. The standard InChI is InChI=1S/C17H12Cl2N2O2S/c1-9-7-15(22)23-14-8-10(5-6-11(9)14)20-17(24)21-13-4-2-3-12(18)16(13)19/h2-8H,1H3,(H2,20,21,24). The molecule has 0 aliphatic carbocycles. The molecule has 0 fully saturated rings. The van der Waals surface area contributed by atoms with Crippen LogP contribution in [0.2, 0.25) is 10.0 Å². The van der Waals surface area contributed by atoms with Gasteiger partial charge in [0.15, 0.2) is 5.11 Å². The zero-order chi connectivity index (χ0) is 17.3. The molecule has 2 aromatic carbocycles. The van der Waals surface area contributed by atoms with Crippen molar-refractivity contribution < 1.29 is 4.42 Å². The quantitative estimate of drug-likeness (QED) is 0.473. The molecule has 3 rings (SSSR count). The Kier molecular flexibility index (Phi) is 4.76. The SMILES string of the molecule is Cc1cc(=O)oc2cc(NC(=S)Nc3cccc(Cl)c3Cl)ccc12. The van der Waals surface area contributed by atoms with Gasteiger partial charge in [-0.3, -0.25) is 0 Å². The Hall–Kier alpha value is -2.08. The van der Waals surface area contributed by atoms with E-state index < -0.39 is 0 Å². The Bertz CT molecular complexity index is 1000. The third kappa shape index (κ3) is 3.53. The fraction of sp³-hybridized carbons (Fsp3) is 0.0588.